The lowest BCUT2D eigenvalue weighted by molar-refractivity contribution is -0.127. The van der Waals surface area contributed by atoms with Crippen molar-refractivity contribution in [3.63, 3.8) is 0 Å². The molecule has 3 heteroatoms. The van der Waals surface area contributed by atoms with E-state index in [9.17, 15) is 9.59 Å². The van der Waals surface area contributed by atoms with Gasteiger partial charge in [-0.05, 0) is 86.5 Å². The fraction of sp³-hybridized carbons (Fsp3) is 0.800. The molecule has 0 bridgehead atoms. The number of carbonyl (C=O) groups excluding carboxylic acids is 2. The van der Waals surface area contributed by atoms with Crippen LogP contribution in [0.15, 0.2) is 10.6 Å². The largest absolute Gasteiger partial charge is 0.300 e. The van der Waals surface area contributed by atoms with Crippen LogP contribution >= 0.6 is 11.6 Å². The molecule has 0 heterocycles. The fourth-order valence-corrected chi connectivity index (χ4v) is 7.23. The Morgan fingerprint density at radius 2 is 1.87 bits per heavy atom. The summed E-state index contributed by atoms with van der Waals surface area (Å²) < 4.78 is 0. The molecule has 23 heavy (non-hydrogen) atoms. The summed E-state index contributed by atoms with van der Waals surface area (Å²) in [5.74, 6) is 3.52. The third-order valence-corrected chi connectivity index (χ3v) is 8.36. The number of hydrogen-bond donors (Lipinski definition) is 0. The molecule has 0 aromatic rings. The van der Waals surface area contributed by atoms with E-state index >= 15 is 0 Å². The van der Waals surface area contributed by atoms with Crippen molar-refractivity contribution in [3.8, 4) is 0 Å². The van der Waals surface area contributed by atoms with Gasteiger partial charge < -0.3 is 0 Å². The molecule has 0 unspecified atom stereocenters. The Balaban J connectivity index is 1.64. The molecular formula is C20H27ClO2. The molecular weight excluding hydrogens is 308 g/mol. The average Bonchev–Trinajstić information content (AvgIpc) is 2.88. The van der Waals surface area contributed by atoms with E-state index in [0.717, 1.165) is 25.2 Å². The maximum atomic E-state index is 12.1. The zero-order valence-corrected chi connectivity index (χ0v) is 15.0. The molecule has 3 fully saturated rings. The van der Waals surface area contributed by atoms with Gasteiger partial charge in [-0.1, -0.05) is 18.5 Å². The molecule has 4 aliphatic carbocycles. The summed E-state index contributed by atoms with van der Waals surface area (Å²) in [6, 6.07) is 0. The molecule has 126 valence electrons. The monoisotopic (exact) mass is 334 g/mol. The van der Waals surface area contributed by atoms with Crippen LogP contribution < -0.4 is 0 Å². The molecule has 0 radical (unpaired) electrons. The number of rotatable bonds is 1. The summed E-state index contributed by atoms with van der Waals surface area (Å²) in [6.45, 7) is 4.17. The smallest absolute Gasteiger partial charge is 0.174 e. The maximum Gasteiger partial charge on any atom is 0.174 e. The van der Waals surface area contributed by atoms with Gasteiger partial charge in [0.1, 0.15) is 5.78 Å². The maximum absolute atomic E-state index is 12.1. The summed E-state index contributed by atoms with van der Waals surface area (Å²) in [5.41, 5.74) is 1.50. The second kappa shape index (κ2) is 5.44. The van der Waals surface area contributed by atoms with Crippen LogP contribution in [0.1, 0.15) is 65.2 Å². The van der Waals surface area contributed by atoms with E-state index in [1.165, 1.54) is 31.3 Å². The number of Topliss-reactive ketones (excluding diaryl/α,β-unsaturated/α-hetero) is 2. The first-order valence-corrected chi connectivity index (χ1v) is 9.73. The zero-order chi connectivity index (χ0) is 16.4. The first-order chi connectivity index (χ1) is 10.9. The molecule has 6 atom stereocenters. The predicted octanol–water partition coefficient (Wildman–Crippen LogP) is 4.90. The zero-order valence-electron chi connectivity index (χ0n) is 14.2. The second-order valence-corrected chi connectivity index (χ2v) is 9.04. The SMILES string of the molecule is CC(=O)[C@H]1CC[C@H]2[C@@H]3CCC4=C(Cl)C(=O)CC[C@@H]4[C@H]3CC[C@]12C. The van der Waals surface area contributed by atoms with Crippen molar-refractivity contribution in [2.45, 2.75) is 65.2 Å². The van der Waals surface area contributed by atoms with E-state index in [1.807, 2.05) is 0 Å². The number of fused-ring (bicyclic) bond motifs is 5. The highest BCUT2D eigenvalue weighted by atomic mass is 35.5. The van der Waals surface area contributed by atoms with Crippen LogP contribution in [0.5, 0.6) is 0 Å². The van der Waals surface area contributed by atoms with Gasteiger partial charge in [-0.2, -0.15) is 0 Å². The van der Waals surface area contributed by atoms with E-state index in [0.29, 0.717) is 35.0 Å². The molecule has 0 aromatic carbocycles. The lowest BCUT2D eigenvalue weighted by Gasteiger charge is -2.54. The van der Waals surface area contributed by atoms with Crippen molar-refractivity contribution in [1.82, 2.24) is 0 Å². The summed E-state index contributed by atoms with van der Waals surface area (Å²) in [7, 11) is 0. The highest BCUT2D eigenvalue weighted by molar-refractivity contribution is 6.43. The van der Waals surface area contributed by atoms with Crippen molar-refractivity contribution < 1.29 is 9.59 Å². The standard InChI is InChI=1S/C20H27ClO2/c1-11(22)16-6-7-17-14-3-4-15-12(5-8-18(23)19(15)21)13(14)9-10-20(16,17)2/h12-14,16-17H,3-10H2,1-2H3/t12-,13-,14-,16-,17+,20-/m1/s1. The van der Waals surface area contributed by atoms with E-state index in [1.54, 1.807) is 6.92 Å². The van der Waals surface area contributed by atoms with Gasteiger partial charge in [-0.3, -0.25) is 9.59 Å². The number of ketones is 2. The van der Waals surface area contributed by atoms with E-state index in [-0.39, 0.29) is 17.1 Å². The van der Waals surface area contributed by atoms with Crippen LogP contribution in [-0.2, 0) is 9.59 Å². The van der Waals surface area contributed by atoms with Crippen LogP contribution in [0.25, 0.3) is 0 Å². The normalized spacial score (nSPS) is 46.2. The molecule has 4 rings (SSSR count). The summed E-state index contributed by atoms with van der Waals surface area (Å²) in [4.78, 5) is 24.0. The second-order valence-electron chi connectivity index (χ2n) is 8.67. The number of hydrogen-bond acceptors (Lipinski definition) is 2. The van der Waals surface area contributed by atoms with Crippen molar-refractivity contribution >= 4 is 23.2 Å². The van der Waals surface area contributed by atoms with Crippen molar-refractivity contribution in [1.29, 1.82) is 0 Å². The Kier molecular flexibility index (Phi) is 3.75. The van der Waals surface area contributed by atoms with Gasteiger partial charge in [0, 0.05) is 12.3 Å². The Labute approximate surface area is 144 Å². The first-order valence-electron chi connectivity index (χ1n) is 9.35. The summed E-state index contributed by atoms with van der Waals surface area (Å²) >= 11 is 6.36. The topological polar surface area (TPSA) is 34.1 Å². The fourth-order valence-electron chi connectivity index (χ4n) is 6.90. The van der Waals surface area contributed by atoms with Gasteiger partial charge in [-0.25, -0.2) is 0 Å². The number of carbonyl (C=O) groups is 2. The Hall–Kier alpha value is -0.630. The van der Waals surface area contributed by atoms with Crippen LogP contribution in [0.2, 0.25) is 0 Å². The summed E-state index contributed by atoms with van der Waals surface area (Å²) in [6.07, 6.45) is 8.52. The molecule has 0 aromatic heterocycles. The van der Waals surface area contributed by atoms with Gasteiger partial charge in [0.25, 0.3) is 0 Å². The van der Waals surface area contributed by atoms with Crippen molar-refractivity contribution in [3.05, 3.63) is 10.6 Å². The van der Waals surface area contributed by atoms with Gasteiger partial charge >= 0.3 is 0 Å². The van der Waals surface area contributed by atoms with E-state index < -0.39 is 0 Å². The van der Waals surface area contributed by atoms with Gasteiger partial charge in [-0.15, -0.1) is 0 Å². The lowest BCUT2D eigenvalue weighted by Crippen LogP contribution is -2.47. The highest BCUT2D eigenvalue weighted by Gasteiger charge is 2.57. The number of allylic oxidation sites excluding steroid dienone is 1. The minimum absolute atomic E-state index is 0.162. The molecule has 3 saturated carbocycles. The molecule has 0 amide bonds. The van der Waals surface area contributed by atoms with Crippen LogP contribution in [0, 0.1) is 35.0 Å². The molecule has 0 aliphatic heterocycles. The van der Waals surface area contributed by atoms with E-state index in [2.05, 4.69) is 6.92 Å². The first kappa shape index (κ1) is 15.9. The van der Waals surface area contributed by atoms with Crippen molar-refractivity contribution in [2.75, 3.05) is 0 Å². The van der Waals surface area contributed by atoms with Crippen LogP contribution in [0.4, 0.5) is 0 Å². The molecule has 0 spiro atoms. The highest BCUT2D eigenvalue weighted by Crippen LogP contribution is 2.64. The van der Waals surface area contributed by atoms with Crippen LogP contribution in [0.3, 0.4) is 0 Å². The third-order valence-electron chi connectivity index (χ3n) is 7.90. The number of halogens is 1. The average molecular weight is 335 g/mol. The minimum Gasteiger partial charge on any atom is -0.300 e. The molecule has 2 nitrogen and oxygen atoms in total. The Morgan fingerprint density at radius 3 is 2.61 bits per heavy atom. The summed E-state index contributed by atoms with van der Waals surface area (Å²) in [5, 5.41) is 0.570. The Bertz CT molecular complexity index is 592. The van der Waals surface area contributed by atoms with Crippen LogP contribution in [-0.4, -0.2) is 11.6 Å². The molecule has 0 saturated heterocycles. The van der Waals surface area contributed by atoms with Crippen molar-refractivity contribution in [2.24, 2.45) is 35.0 Å². The van der Waals surface area contributed by atoms with Gasteiger partial charge in [0.15, 0.2) is 5.78 Å². The molecule has 0 N–H and O–H groups in total. The van der Waals surface area contributed by atoms with Gasteiger partial charge in [0.05, 0.1) is 5.03 Å². The lowest BCUT2D eigenvalue weighted by atomic mass is 9.51. The van der Waals surface area contributed by atoms with Gasteiger partial charge in [0.2, 0.25) is 0 Å². The minimum atomic E-state index is 0.162. The third kappa shape index (κ3) is 2.20. The molecule has 4 aliphatic rings. The predicted molar refractivity (Wildman–Crippen MR) is 91.1 cm³/mol. The quantitative estimate of drug-likeness (QED) is 0.683. The van der Waals surface area contributed by atoms with E-state index in [4.69, 9.17) is 11.6 Å². The Morgan fingerprint density at radius 1 is 1.09 bits per heavy atom.